The van der Waals surface area contributed by atoms with Crippen molar-refractivity contribution < 1.29 is 0 Å². The molecule has 0 spiro atoms. The van der Waals surface area contributed by atoms with Gasteiger partial charge in [0.15, 0.2) is 0 Å². The second-order valence-electron chi connectivity index (χ2n) is 6.36. The van der Waals surface area contributed by atoms with Crippen LogP contribution in [0.2, 0.25) is 0 Å². The molecule has 0 aliphatic rings. The maximum Gasteiger partial charge on any atom is 0.122 e. The summed E-state index contributed by atoms with van der Waals surface area (Å²) >= 11 is 0. The van der Waals surface area contributed by atoms with Gasteiger partial charge in [-0.3, -0.25) is 4.90 Å². The Hall–Kier alpha value is -0.870. The molecular formula is C16H32N4. The molecule has 0 bridgehead atoms. The van der Waals surface area contributed by atoms with Crippen molar-refractivity contribution in [2.75, 3.05) is 26.7 Å². The van der Waals surface area contributed by atoms with Gasteiger partial charge >= 0.3 is 0 Å². The fraction of sp³-hybridized carbons (Fsp3) is 0.812. The van der Waals surface area contributed by atoms with Crippen molar-refractivity contribution in [3.05, 3.63) is 18.2 Å². The van der Waals surface area contributed by atoms with Gasteiger partial charge in [0.25, 0.3) is 0 Å². The first-order chi connectivity index (χ1) is 9.50. The topological polar surface area (TPSA) is 33.1 Å². The molecule has 0 amide bonds. The number of aromatic nitrogens is 2. The van der Waals surface area contributed by atoms with E-state index in [1.807, 2.05) is 12.4 Å². The van der Waals surface area contributed by atoms with Crippen LogP contribution in [0.15, 0.2) is 12.4 Å². The van der Waals surface area contributed by atoms with Crippen LogP contribution in [-0.4, -0.2) is 41.1 Å². The highest BCUT2D eigenvalue weighted by Crippen LogP contribution is 2.24. The SMILES string of the molecule is CCCNCC(C)(CCC)CN(C)Cc1nccn1C. The summed E-state index contributed by atoms with van der Waals surface area (Å²) in [6, 6.07) is 0. The molecule has 116 valence electrons. The minimum Gasteiger partial charge on any atom is -0.337 e. The van der Waals surface area contributed by atoms with Crippen LogP contribution in [0.4, 0.5) is 0 Å². The van der Waals surface area contributed by atoms with E-state index in [2.05, 4.69) is 54.6 Å². The first-order valence-corrected chi connectivity index (χ1v) is 7.86. The summed E-state index contributed by atoms with van der Waals surface area (Å²) in [6.45, 7) is 11.1. The lowest BCUT2D eigenvalue weighted by Gasteiger charge is -2.34. The van der Waals surface area contributed by atoms with Crippen molar-refractivity contribution in [2.24, 2.45) is 12.5 Å². The van der Waals surface area contributed by atoms with E-state index < -0.39 is 0 Å². The first-order valence-electron chi connectivity index (χ1n) is 7.86. The van der Waals surface area contributed by atoms with Gasteiger partial charge in [0.1, 0.15) is 5.82 Å². The number of aryl methyl sites for hydroxylation is 1. The summed E-state index contributed by atoms with van der Waals surface area (Å²) < 4.78 is 2.10. The highest BCUT2D eigenvalue weighted by atomic mass is 15.2. The second-order valence-corrected chi connectivity index (χ2v) is 6.36. The van der Waals surface area contributed by atoms with E-state index in [9.17, 15) is 0 Å². The lowest BCUT2D eigenvalue weighted by Crippen LogP contribution is -2.41. The molecule has 4 nitrogen and oxygen atoms in total. The highest BCUT2D eigenvalue weighted by molar-refractivity contribution is 4.91. The molecule has 0 fully saturated rings. The largest absolute Gasteiger partial charge is 0.337 e. The molecule has 1 aromatic heterocycles. The fourth-order valence-electron chi connectivity index (χ4n) is 2.89. The third-order valence-electron chi connectivity index (χ3n) is 3.82. The Morgan fingerprint density at radius 1 is 1.35 bits per heavy atom. The van der Waals surface area contributed by atoms with Crippen LogP contribution in [0.1, 0.15) is 45.9 Å². The Balaban J connectivity index is 2.53. The zero-order chi connectivity index (χ0) is 15.0. The minimum absolute atomic E-state index is 0.337. The van der Waals surface area contributed by atoms with E-state index in [1.54, 1.807) is 0 Å². The standard InChI is InChI=1S/C16H32N4/c1-6-8-16(3,13-17-9-7-2)14-19(4)12-15-18-10-11-20(15)5/h10-11,17H,6-9,12-14H2,1-5H3. The van der Waals surface area contributed by atoms with Gasteiger partial charge in [-0.05, 0) is 31.8 Å². The van der Waals surface area contributed by atoms with Crippen LogP contribution in [-0.2, 0) is 13.6 Å². The molecule has 1 rings (SSSR count). The lowest BCUT2D eigenvalue weighted by molar-refractivity contribution is 0.165. The Kier molecular flexibility index (Phi) is 7.24. The maximum atomic E-state index is 4.41. The Morgan fingerprint density at radius 2 is 2.10 bits per heavy atom. The van der Waals surface area contributed by atoms with Gasteiger partial charge in [-0.2, -0.15) is 0 Å². The average Bonchev–Trinajstić information content (AvgIpc) is 2.75. The summed E-state index contributed by atoms with van der Waals surface area (Å²) in [5, 5.41) is 3.59. The summed E-state index contributed by atoms with van der Waals surface area (Å²) in [7, 11) is 4.26. The Morgan fingerprint density at radius 3 is 2.65 bits per heavy atom. The molecule has 0 radical (unpaired) electrons. The molecule has 1 aromatic rings. The monoisotopic (exact) mass is 280 g/mol. The fourth-order valence-corrected chi connectivity index (χ4v) is 2.89. The summed E-state index contributed by atoms with van der Waals surface area (Å²) in [5.41, 5.74) is 0.337. The number of nitrogens with zero attached hydrogens (tertiary/aromatic N) is 3. The molecule has 0 aromatic carbocycles. The van der Waals surface area contributed by atoms with E-state index in [0.717, 1.165) is 32.0 Å². The third kappa shape index (κ3) is 5.63. The van der Waals surface area contributed by atoms with Crippen molar-refractivity contribution in [3.8, 4) is 0 Å². The van der Waals surface area contributed by atoms with Gasteiger partial charge in [0.05, 0.1) is 6.54 Å². The third-order valence-corrected chi connectivity index (χ3v) is 3.82. The van der Waals surface area contributed by atoms with Crippen LogP contribution < -0.4 is 5.32 Å². The van der Waals surface area contributed by atoms with Gasteiger partial charge in [0.2, 0.25) is 0 Å². The van der Waals surface area contributed by atoms with Crippen molar-refractivity contribution in [1.82, 2.24) is 19.8 Å². The Bertz CT molecular complexity index is 374. The maximum absolute atomic E-state index is 4.41. The van der Waals surface area contributed by atoms with Gasteiger partial charge in [0, 0.05) is 32.5 Å². The summed E-state index contributed by atoms with van der Waals surface area (Å²) in [4.78, 5) is 6.81. The molecule has 1 heterocycles. The van der Waals surface area contributed by atoms with E-state index in [1.165, 1.54) is 19.3 Å². The number of hydrogen-bond donors (Lipinski definition) is 1. The van der Waals surface area contributed by atoms with E-state index in [-0.39, 0.29) is 0 Å². The first kappa shape index (κ1) is 17.2. The molecule has 1 unspecified atom stereocenters. The van der Waals surface area contributed by atoms with E-state index >= 15 is 0 Å². The molecule has 0 saturated heterocycles. The molecular weight excluding hydrogens is 248 g/mol. The van der Waals surface area contributed by atoms with Gasteiger partial charge in [-0.15, -0.1) is 0 Å². The predicted molar refractivity (Wildman–Crippen MR) is 85.7 cm³/mol. The smallest absolute Gasteiger partial charge is 0.122 e. The van der Waals surface area contributed by atoms with Crippen LogP contribution in [0.3, 0.4) is 0 Å². The highest BCUT2D eigenvalue weighted by Gasteiger charge is 2.25. The van der Waals surface area contributed by atoms with E-state index in [4.69, 9.17) is 0 Å². The molecule has 1 N–H and O–H groups in total. The van der Waals surface area contributed by atoms with Crippen molar-refractivity contribution in [1.29, 1.82) is 0 Å². The number of hydrogen-bond acceptors (Lipinski definition) is 3. The number of rotatable bonds is 10. The van der Waals surface area contributed by atoms with Crippen LogP contribution in [0.5, 0.6) is 0 Å². The molecule has 0 aliphatic carbocycles. The molecule has 0 aliphatic heterocycles. The second kappa shape index (κ2) is 8.42. The molecule has 4 heteroatoms. The molecule has 20 heavy (non-hydrogen) atoms. The average molecular weight is 280 g/mol. The van der Waals surface area contributed by atoms with Gasteiger partial charge < -0.3 is 9.88 Å². The number of imidazole rings is 1. The molecule has 1 atom stereocenters. The predicted octanol–water partition coefficient (Wildman–Crippen LogP) is 2.66. The van der Waals surface area contributed by atoms with Crippen molar-refractivity contribution in [3.63, 3.8) is 0 Å². The summed E-state index contributed by atoms with van der Waals surface area (Å²) in [6.07, 6.45) is 7.58. The van der Waals surface area contributed by atoms with Crippen LogP contribution >= 0.6 is 0 Å². The normalized spacial score (nSPS) is 14.7. The van der Waals surface area contributed by atoms with Gasteiger partial charge in [-0.25, -0.2) is 4.98 Å². The number of nitrogens with one attached hydrogen (secondary N) is 1. The zero-order valence-electron chi connectivity index (χ0n) is 13.9. The van der Waals surface area contributed by atoms with Crippen LogP contribution in [0, 0.1) is 5.41 Å². The lowest BCUT2D eigenvalue weighted by atomic mass is 9.85. The van der Waals surface area contributed by atoms with Crippen LogP contribution in [0.25, 0.3) is 0 Å². The van der Waals surface area contributed by atoms with Gasteiger partial charge in [-0.1, -0.05) is 27.2 Å². The van der Waals surface area contributed by atoms with Crippen molar-refractivity contribution in [2.45, 2.75) is 46.6 Å². The summed E-state index contributed by atoms with van der Waals surface area (Å²) in [5.74, 6) is 1.13. The quantitative estimate of drug-likeness (QED) is 0.669. The van der Waals surface area contributed by atoms with E-state index in [0.29, 0.717) is 5.41 Å². The Labute approximate surface area is 124 Å². The van der Waals surface area contributed by atoms with Crippen molar-refractivity contribution >= 4 is 0 Å². The minimum atomic E-state index is 0.337. The molecule has 0 saturated carbocycles. The zero-order valence-corrected chi connectivity index (χ0v) is 13.9.